The van der Waals surface area contributed by atoms with E-state index in [1.807, 2.05) is 0 Å². The van der Waals surface area contributed by atoms with Gasteiger partial charge in [0.1, 0.15) is 17.5 Å². The number of hydrogen-bond acceptors (Lipinski definition) is 4. The number of aromatic amines is 1. The molecule has 110 valence electrons. The van der Waals surface area contributed by atoms with Crippen molar-refractivity contribution in [3.05, 3.63) is 23.7 Å². The summed E-state index contributed by atoms with van der Waals surface area (Å²) in [6.07, 6.45) is 7.45. The maximum absolute atomic E-state index is 8.83. The Labute approximate surface area is 124 Å². The summed E-state index contributed by atoms with van der Waals surface area (Å²) in [5.41, 5.74) is 1.22. The normalized spacial score (nSPS) is 22.1. The van der Waals surface area contributed by atoms with Gasteiger partial charge in [0.25, 0.3) is 5.89 Å². The van der Waals surface area contributed by atoms with Crippen LogP contribution in [0.25, 0.3) is 11.6 Å². The molecule has 1 fully saturated rings. The zero-order valence-electron chi connectivity index (χ0n) is 12.3. The molecule has 5 heteroatoms. The average Bonchev–Trinajstić information content (AvgIpc) is 3.17. The summed E-state index contributed by atoms with van der Waals surface area (Å²) >= 11 is 0. The average molecular weight is 284 g/mol. The lowest BCUT2D eigenvalue weighted by molar-refractivity contribution is 0.296. The third-order valence-electron chi connectivity index (χ3n) is 4.39. The Kier molecular flexibility index (Phi) is 4.05. The first-order valence-electron chi connectivity index (χ1n) is 7.73. The van der Waals surface area contributed by atoms with Gasteiger partial charge in [-0.05, 0) is 43.7 Å². The zero-order valence-corrected chi connectivity index (χ0v) is 12.3. The van der Waals surface area contributed by atoms with Crippen LogP contribution >= 0.6 is 0 Å². The highest BCUT2D eigenvalue weighted by Crippen LogP contribution is 2.36. The van der Waals surface area contributed by atoms with Crippen LogP contribution in [0.2, 0.25) is 0 Å². The fraction of sp³-hybridized carbons (Fsp3) is 0.562. The van der Waals surface area contributed by atoms with Gasteiger partial charge in [-0.15, -0.1) is 0 Å². The molecule has 0 radical (unpaired) electrons. The van der Waals surface area contributed by atoms with Crippen molar-refractivity contribution in [2.24, 2.45) is 5.92 Å². The molecule has 2 aromatic heterocycles. The van der Waals surface area contributed by atoms with E-state index >= 15 is 0 Å². The Morgan fingerprint density at radius 1 is 1.33 bits per heavy atom. The van der Waals surface area contributed by atoms with E-state index in [-0.39, 0.29) is 0 Å². The topological polar surface area (TPSA) is 78.5 Å². The molecule has 0 aromatic carbocycles. The highest BCUT2D eigenvalue weighted by atomic mass is 16.5. The Morgan fingerprint density at radius 2 is 2.14 bits per heavy atom. The number of nitriles is 1. The van der Waals surface area contributed by atoms with Gasteiger partial charge < -0.3 is 9.51 Å². The van der Waals surface area contributed by atoms with Crippen LogP contribution in [0.4, 0.5) is 0 Å². The second-order valence-electron chi connectivity index (χ2n) is 5.86. The van der Waals surface area contributed by atoms with Crippen LogP contribution in [0.15, 0.2) is 16.7 Å². The molecule has 2 heterocycles. The van der Waals surface area contributed by atoms with E-state index in [1.165, 1.54) is 25.7 Å². The van der Waals surface area contributed by atoms with E-state index in [0.29, 0.717) is 23.2 Å². The van der Waals surface area contributed by atoms with Crippen molar-refractivity contribution in [1.29, 1.82) is 5.26 Å². The highest BCUT2D eigenvalue weighted by Gasteiger charge is 2.25. The van der Waals surface area contributed by atoms with Gasteiger partial charge in [0.2, 0.25) is 0 Å². The van der Waals surface area contributed by atoms with Crippen LogP contribution in [-0.4, -0.2) is 15.1 Å². The number of nitrogens with one attached hydrogen (secondary N) is 1. The highest BCUT2D eigenvalue weighted by molar-refractivity contribution is 5.49. The minimum Gasteiger partial charge on any atom is -0.342 e. The molecule has 0 bridgehead atoms. The SMILES string of the molecule is CCCC1CCC(c2noc(-c3ccc(C#N)[nH]3)n2)CC1. The van der Waals surface area contributed by atoms with Crippen molar-refractivity contribution in [3.63, 3.8) is 0 Å². The molecule has 0 amide bonds. The zero-order chi connectivity index (χ0) is 14.7. The second kappa shape index (κ2) is 6.13. The molecule has 5 nitrogen and oxygen atoms in total. The summed E-state index contributed by atoms with van der Waals surface area (Å²) in [4.78, 5) is 7.47. The molecule has 2 aromatic rings. The van der Waals surface area contributed by atoms with Gasteiger partial charge in [-0.1, -0.05) is 24.9 Å². The van der Waals surface area contributed by atoms with Gasteiger partial charge in [-0.3, -0.25) is 0 Å². The third-order valence-corrected chi connectivity index (χ3v) is 4.39. The molecule has 1 saturated carbocycles. The van der Waals surface area contributed by atoms with Gasteiger partial charge in [0, 0.05) is 5.92 Å². The molecule has 0 spiro atoms. The maximum atomic E-state index is 8.83. The molecule has 0 aliphatic heterocycles. The number of hydrogen-bond donors (Lipinski definition) is 1. The van der Waals surface area contributed by atoms with Crippen LogP contribution in [0.1, 0.15) is 62.9 Å². The Balaban J connectivity index is 1.67. The van der Waals surface area contributed by atoms with E-state index in [4.69, 9.17) is 9.78 Å². The van der Waals surface area contributed by atoms with Gasteiger partial charge in [0.05, 0.1) is 0 Å². The number of rotatable bonds is 4. The summed E-state index contributed by atoms with van der Waals surface area (Å²) < 4.78 is 5.33. The van der Waals surface area contributed by atoms with E-state index in [2.05, 4.69) is 28.1 Å². The van der Waals surface area contributed by atoms with E-state index in [9.17, 15) is 0 Å². The van der Waals surface area contributed by atoms with Crippen LogP contribution in [0, 0.1) is 17.2 Å². The summed E-state index contributed by atoms with van der Waals surface area (Å²) in [6.45, 7) is 2.25. The molecule has 0 saturated heterocycles. The molecule has 1 N–H and O–H groups in total. The lowest BCUT2D eigenvalue weighted by atomic mass is 9.80. The van der Waals surface area contributed by atoms with Crippen molar-refractivity contribution in [2.45, 2.75) is 51.4 Å². The monoisotopic (exact) mass is 284 g/mol. The van der Waals surface area contributed by atoms with Crippen molar-refractivity contribution >= 4 is 0 Å². The summed E-state index contributed by atoms with van der Waals surface area (Å²) in [6, 6.07) is 5.58. The van der Waals surface area contributed by atoms with Crippen molar-refractivity contribution in [1.82, 2.24) is 15.1 Å². The first-order chi connectivity index (χ1) is 10.3. The minimum atomic E-state index is 0.418. The fourth-order valence-electron chi connectivity index (χ4n) is 3.21. The van der Waals surface area contributed by atoms with Gasteiger partial charge in [-0.25, -0.2) is 0 Å². The summed E-state index contributed by atoms with van der Waals surface area (Å²) in [5.74, 6) is 2.58. The van der Waals surface area contributed by atoms with Gasteiger partial charge in [-0.2, -0.15) is 10.2 Å². The van der Waals surface area contributed by atoms with Crippen molar-refractivity contribution < 1.29 is 4.52 Å². The Hall–Kier alpha value is -2.09. The van der Waals surface area contributed by atoms with Crippen molar-refractivity contribution in [2.75, 3.05) is 0 Å². The maximum Gasteiger partial charge on any atom is 0.274 e. The molecule has 21 heavy (non-hydrogen) atoms. The van der Waals surface area contributed by atoms with Crippen molar-refractivity contribution in [3.8, 4) is 17.7 Å². The van der Waals surface area contributed by atoms with E-state index < -0.39 is 0 Å². The smallest absolute Gasteiger partial charge is 0.274 e. The number of nitrogens with zero attached hydrogens (tertiary/aromatic N) is 3. The molecular formula is C16H20N4O. The van der Waals surface area contributed by atoms with Crippen LogP contribution in [0.5, 0.6) is 0 Å². The van der Waals surface area contributed by atoms with Crippen LogP contribution in [-0.2, 0) is 0 Å². The summed E-state index contributed by atoms with van der Waals surface area (Å²) in [5, 5.41) is 13.0. The summed E-state index contributed by atoms with van der Waals surface area (Å²) in [7, 11) is 0. The second-order valence-corrected chi connectivity index (χ2v) is 5.86. The quantitative estimate of drug-likeness (QED) is 0.920. The van der Waals surface area contributed by atoms with Gasteiger partial charge in [0.15, 0.2) is 5.82 Å². The Bertz CT molecular complexity index is 629. The fourth-order valence-corrected chi connectivity index (χ4v) is 3.21. The third kappa shape index (κ3) is 2.99. The molecule has 0 unspecified atom stereocenters. The number of H-pyrrole nitrogens is 1. The van der Waals surface area contributed by atoms with E-state index in [1.54, 1.807) is 12.1 Å². The first-order valence-corrected chi connectivity index (χ1v) is 7.73. The van der Waals surface area contributed by atoms with Crippen LogP contribution in [0.3, 0.4) is 0 Å². The molecule has 1 aliphatic carbocycles. The Morgan fingerprint density at radius 3 is 2.81 bits per heavy atom. The largest absolute Gasteiger partial charge is 0.342 e. The standard InChI is InChI=1S/C16H20N4O/c1-2-3-11-4-6-12(7-5-11)15-19-16(21-20-15)14-9-8-13(10-17)18-14/h8-9,11-12,18H,2-7H2,1H3. The molecule has 3 rings (SSSR count). The van der Waals surface area contributed by atoms with E-state index in [0.717, 1.165) is 24.6 Å². The lowest BCUT2D eigenvalue weighted by Gasteiger charge is -2.26. The molecular weight excluding hydrogens is 264 g/mol. The lowest BCUT2D eigenvalue weighted by Crippen LogP contribution is -2.14. The minimum absolute atomic E-state index is 0.418. The van der Waals surface area contributed by atoms with Crippen LogP contribution < -0.4 is 0 Å². The molecule has 1 aliphatic rings. The predicted molar refractivity (Wildman–Crippen MR) is 78.4 cm³/mol. The van der Waals surface area contributed by atoms with Gasteiger partial charge >= 0.3 is 0 Å². The first kappa shape index (κ1) is 13.9. The number of aromatic nitrogens is 3. The molecule has 0 atom stereocenters. The predicted octanol–water partition coefficient (Wildman–Crippen LogP) is 4.01.